The monoisotopic (exact) mass is 251 g/mol. The van der Waals surface area contributed by atoms with E-state index in [0.29, 0.717) is 12.0 Å². The van der Waals surface area contributed by atoms with Gasteiger partial charge in [0.2, 0.25) is 0 Å². The van der Waals surface area contributed by atoms with E-state index in [1.807, 2.05) is 0 Å². The predicted molar refractivity (Wildman–Crippen MR) is 72.0 cm³/mol. The second-order valence-electron chi connectivity index (χ2n) is 4.97. The summed E-state index contributed by atoms with van der Waals surface area (Å²) in [5.41, 5.74) is 5.88. The highest BCUT2D eigenvalue weighted by atomic mass is 19.1. The second-order valence-corrected chi connectivity index (χ2v) is 4.97. The Morgan fingerprint density at radius 1 is 1.39 bits per heavy atom. The molecule has 1 aromatic rings. The molecule has 2 N–H and O–H groups in total. The van der Waals surface area contributed by atoms with E-state index in [0.717, 1.165) is 25.3 Å². The first-order valence-corrected chi connectivity index (χ1v) is 6.84. The molecular formula is C14H22FN3. The molecule has 100 valence electrons. The maximum atomic E-state index is 12.9. The molecule has 1 heterocycles. The summed E-state index contributed by atoms with van der Waals surface area (Å²) in [4.78, 5) is 6.48. The molecule has 0 aromatic carbocycles. The molecule has 0 bridgehead atoms. The lowest BCUT2D eigenvalue weighted by Crippen LogP contribution is -2.45. The van der Waals surface area contributed by atoms with Crippen molar-refractivity contribution in [3.8, 4) is 0 Å². The topological polar surface area (TPSA) is 42.2 Å². The minimum absolute atomic E-state index is 0.283. The van der Waals surface area contributed by atoms with E-state index < -0.39 is 0 Å². The molecule has 18 heavy (non-hydrogen) atoms. The number of halogens is 1. The number of rotatable bonds is 4. The minimum atomic E-state index is -0.283. The van der Waals surface area contributed by atoms with Gasteiger partial charge in [0.1, 0.15) is 11.6 Å². The summed E-state index contributed by atoms with van der Waals surface area (Å²) < 4.78 is 12.9. The van der Waals surface area contributed by atoms with Gasteiger partial charge in [0.15, 0.2) is 0 Å². The van der Waals surface area contributed by atoms with Crippen LogP contribution < -0.4 is 10.6 Å². The fourth-order valence-corrected chi connectivity index (χ4v) is 2.98. The lowest BCUT2D eigenvalue weighted by molar-refractivity contribution is 0.299. The lowest BCUT2D eigenvalue weighted by Gasteiger charge is -2.40. The van der Waals surface area contributed by atoms with E-state index in [4.69, 9.17) is 5.73 Å². The minimum Gasteiger partial charge on any atom is -0.354 e. The second kappa shape index (κ2) is 6.14. The van der Waals surface area contributed by atoms with Gasteiger partial charge >= 0.3 is 0 Å². The first-order chi connectivity index (χ1) is 8.76. The van der Waals surface area contributed by atoms with Gasteiger partial charge in [-0.3, -0.25) is 0 Å². The van der Waals surface area contributed by atoms with E-state index >= 15 is 0 Å². The zero-order valence-corrected chi connectivity index (χ0v) is 11.0. The largest absolute Gasteiger partial charge is 0.354 e. The molecule has 1 fully saturated rings. The van der Waals surface area contributed by atoms with Crippen LogP contribution in [0.4, 0.5) is 10.2 Å². The van der Waals surface area contributed by atoms with Gasteiger partial charge in [0.25, 0.3) is 0 Å². The van der Waals surface area contributed by atoms with Gasteiger partial charge in [-0.1, -0.05) is 12.8 Å². The first-order valence-electron chi connectivity index (χ1n) is 6.84. The van der Waals surface area contributed by atoms with E-state index in [-0.39, 0.29) is 5.82 Å². The van der Waals surface area contributed by atoms with E-state index in [9.17, 15) is 4.39 Å². The molecule has 3 nitrogen and oxygen atoms in total. The quantitative estimate of drug-likeness (QED) is 0.894. The molecule has 0 saturated heterocycles. The standard InChI is InChI=1S/C14H22FN3/c1-2-18(14-8-7-12(15)10-17-14)13-6-4-3-5-11(13)9-16/h7-8,10-11,13H,2-6,9,16H2,1H3. The van der Waals surface area contributed by atoms with Crippen molar-refractivity contribution in [1.82, 2.24) is 4.98 Å². The Bertz CT molecular complexity index is 366. The normalized spacial score (nSPS) is 23.9. The van der Waals surface area contributed by atoms with Gasteiger partial charge in [-0.15, -0.1) is 0 Å². The van der Waals surface area contributed by atoms with Crippen molar-refractivity contribution in [2.24, 2.45) is 11.7 Å². The fourth-order valence-electron chi connectivity index (χ4n) is 2.98. The molecule has 2 atom stereocenters. The molecule has 2 unspecified atom stereocenters. The van der Waals surface area contributed by atoms with Crippen LogP contribution in [0, 0.1) is 11.7 Å². The van der Waals surface area contributed by atoms with Gasteiger partial charge in [-0.25, -0.2) is 9.37 Å². The van der Waals surface area contributed by atoms with Gasteiger partial charge < -0.3 is 10.6 Å². The Labute approximate surface area is 108 Å². The molecule has 1 aromatic heterocycles. The van der Waals surface area contributed by atoms with Crippen LogP contribution in [-0.2, 0) is 0 Å². The Morgan fingerprint density at radius 3 is 2.78 bits per heavy atom. The Morgan fingerprint density at radius 2 is 2.17 bits per heavy atom. The van der Waals surface area contributed by atoms with Gasteiger partial charge in [0.05, 0.1) is 6.20 Å². The summed E-state index contributed by atoms with van der Waals surface area (Å²) in [5.74, 6) is 1.11. The third-order valence-corrected chi connectivity index (χ3v) is 3.92. The number of nitrogens with two attached hydrogens (primary N) is 1. The highest BCUT2D eigenvalue weighted by Gasteiger charge is 2.29. The van der Waals surface area contributed by atoms with Crippen LogP contribution in [0.2, 0.25) is 0 Å². The summed E-state index contributed by atoms with van der Waals surface area (Å²) in [6, 6.07) is 3.69. The molecule has 1 saturated carbocycles. The maximum Gasteiger partial charge on any atom is 0.141 e. The zero-order valence-electron chi connectivity index (χ0n) is 11.0. The predicted octanol–water partition coefficient (Wildman–Crippen LogP) is 2.56. The van der Waals surface area contributed by atoms with Crippen LogP contribution in [0.25, 0.3) is 0 Å². The first kappa shape index (κ1) is 13.3. The number of nitrogens with zero attached hydrogens (tertiary/aromatic N) is 2. The van der Waals surface area contributed by atoms with Crippen molar-refractivity contribution in [1.29, 1.82) is 0 Å². The smallest absolute Gasteiger partial charge is 0.141 e. The molecular weight excluding hydrogens is 229 g/mol. The fraction of sp³-hybridized carbons (Fsp3) is 0.643. The SMILES string of the molecule is CCN(c1ccc(F)cn1)C1CCCCC1CN. The Kier molecular flexibility index (Phi) is 4.53. The number of pyridine rings is 1. The van der Waals surface area contributed by atoms with Crippen molar-refractivity contribution in [2.75, 3.05) is 18.0 Å². The van der Waals surface area contributed by atoms with Crippen LogP contribution in [0.5, 0.6) is 0 Å². The van der Waals surface area contributed by atoms with Gasteiger partial charge in [0, 0.05) is 12.6 Å². The van der Waals surface area contributed by atoms with Crippen molar-refractivity contribution in [3.05, 3.63) is 24.1 Å². The highest BCUT2D eigenvalue weighted by Crippen LogP contribution is 2.30. The summed E-state index contributed by atoms with van der Waals surface area (Å²) in [6.07, 6.45) is 6.16. The van der Waals surface area contributed by atoms with Crippen LogP contribution >= 0.6 is 0 Å². The summed E-state index contributed by atoms with van der Waals surface area (Å²) in [6.45, 7) is 3.73. The highest BCUT2D eigenvalue weighted by molar-refractivity contribution is 5.39. The summed E-state index contributed by atoms with van der Waals surface area (Å²) in [7, 11) is 0. The van der Waals surface area contributed by atoms with E-state index in [1.54, 1.807) is 6.07 Å². The summed E-state index contributed by atoms with van der Waals surface area (Å²) in [5, 5.41) is 0. The number of anilines is 1. The van der Waals surface area contributed by atoms with Crippen LogP contribution in [0.3, 0.4) is 0 Å². The molecule has 4 heteroatoms. The molecule has 0 spiro atoms. The zero-order chi connectivity index (χ0) is 13.0. The number of aromatic nitrogens is 1. The van der Waals surface area contributed by atoms with E-state index in [2.05, 4.69) is 16.8 Å². The molecule has 1 aliphatic carbocycles. The molecule has 0 amide bonds. The van der Waals surface area contributed by atoms with Crippen molar-refractivity contribution < 1.29 is 4.39 Å². The third-order valence-electron chi connectivity index (χ3n) is 3.92. The average Bonchev–Trinajstić information content (AvgIpc) is 2.42. The van der Waals surface area contributed by atoms with Gasteiger partial charge in [-0.05, 0) is 44.4 Å². The van der Waals surface area contributed by atoms with Crippen LogP contribution in [0.15, 0.2) is 18.3 Å². The van der Waals surface area contributed by atoms with Crippen LogP contribution in [-0.4, -0.2) is 24.1 Å². The van der Waals surface area contributed by atoms with Gasteiger partial charge in [-0.2, -0.15) is 0 Å². The number of hydrogen-bond donors (Lipinski definition) is 1. The molecule has 0 aliphatic heterocycles. The van der Waals surface area contributed by atoms with Crippen molar-refractivity contribution in [2.45, 2.75) is 38.6 Å². The molecule has 2 rings (SSSR count). The maximum absolute atomic E-state index is 12.9. The summed E-state index contributed by atoms with van der Waals surface area (Å²) >= 11 is 0. The number of hydrogen-bond acceptors (Lipinski definition) is 3. The Balaban J connectivity index is 2.18. The molecule has 1 aliphatic rings. The van der Waals surface area contributed by atoms with Crippen LogP contribution in [0.1, 0.15) is 32.6 Å². The average molecular weight is 251 g/mol. The van der Waals surface area contributed by atoms with Crippen molar-refractivity contribution in [3.63, 3.8) is 0 Å². The lowest BCUT2D eigenvalue weighted by atomic mass is 9.83. The Hall–Kier alpha value is -1.16. The van der Waals surface area contributed by atoms with E-state index in [1.165, 1.54) is 31.5 Å². The van der Waals surface area contributed by atoms with Crippen molar-refractivity contribution >= 4 is 5.82 Å². The third kappa shape index (κ3) is 2.80. The molecule has 0 radical (unpaired) electrons.